The van der Waals surface area contributed by atoms with Gasteiger partial charge in [0, 0.05) is 24.8 Å². The number of carboxylic acids is 1. The first-order valence-electron chi connectivity index (χ1n) is 7.36. The van der Waals surface area contributed by atoms with Crippen LogP contribution in [0.25, 0.3) is 0 Å². The fourth-order valence-electron chi connectivity index (χ4n) is 2.77. The predicted molar refractivity (Wildman–Crippen MR) is 81.6 cm³/mol. The third kappa shape index (κ3) is 3.54. The highest BCUT2D eigenvalue weighted by molar-refractivity contribution is 5.93. The molecule has 2 rings (SSSR count). The van der Waals surface area contributed by atoms with Crippen molar-refractivity contribution in [2.75, 3.05) is 18.0 Å². The van der Waals surface area contributed by atoms with E-state index in [1.807, 2.05) is 43.0 Å². The lowest BCUT2D eigenvalue weighted by Gasteiger charge is -2.31. The summed E-state index contributed by atoms with van der Waals surface area (Å²) in [5.41, 5.74) is 1.77. The van der Waals surface area contributed by atoms with Gasteiger partial charge >= 0.3 is 12.0 Å². The van der Waals surface area contributed by atoms with E-state index in [0.717, 1.165) is 30.6 Å². The Kier molecular flexibility index (Phi) is 4.83. The Balaban J connectivity index is 2.25. The van der Waals surface area contributed by atoms with Crippen LogP contribution in [0.15, 0.2) is 24.3 Å². The van der Waals surface area contributed by atoms with Crippen LogP contribution in [0.5, 0.6) is 0 Å². The van der Waals surface area contributed by atoms with Gasteiger partial charge in [0.15, 0.2) is 0 Å². The number of anilines is 1. The maximum absolute atomic E-state index is 12.8. The zero-order chi connectivity index (χ0) is 15.4. The molecule has 0 aromatic heterocycles. The fraction of sp³-hybridized carbons (Fsp3) is 0.500. The van der Waals surface area contributed by atoms with E-state index < -0.39 is 5.97 Å². The molecule has 1 saturated heterocycles. The molecule has 2 amide bonds. The number of carboxylic acid groups (broad SMARTS) is 1. The van der Waals surface area contributed by atoms with Crippen molar-refractivity contribution in [1.82, 2.24) is 4.90 Å². The molecule has 1 unspecified atom stereocenters. The van der Waals surface area contributed by atoms with E-state index in [2.05, 4.69) is 0 Å². The Morgan fingerprint density at radius 3 is 2.67 bits per heavy atom. The van der Waals surface area contributed by atoms with Gasteiger partial charge in [0.2, 0.25) is 0 Å². The zero-order valence-corrected chi connectivity index (χ0v) is 12.6. The van der Waals surface area contributed by atoms with Crippen molar-refractivity contribution >= 4 is 17.7 Å². The number of para-hydroxylation sites is 1. The summed E-state index contributed by atoms with van der Waals surface area (Å²) >= 11 is 0. The molecule has 1 aliphatic heterocycles. The largest absolute Gasteiger partial charge is 0.481 e. The summed E-state index contributed by atoms with van der Waals surface area (Å²) < 4.78 is 0. The van der Waals surface area contributed by atoms with Crippen LogP contribution in [0.4, 0.5) is 10.5 Å². The topological polar surface area (TPSA) is 60.9 Å². The number of urea groups is 1. The van der Waals surface area contributed by atoms with Crippen molar-refractivity contribution in [1.29, 1.82) is 0 Å². The number of carbonyl (C=O) groups excluding carboxylic acids is 1. The monoisotopic (exact) mass is 290 g/mol. The van der Waals surface area contributed by atoms with Crippen LogP contribution >= 0.6 is 0 Å². The molecule has 0 saturated carbocycles. The molecule has 1 atom stereocenters. The molecule has 1 heterocycles. The van der Waals surface area contributed by atoms with Crippen LogP contribution in [0.2, 0.25) is 0 Å². The number of rotatable bonds is 4. The van der Waals surface area contributed by atoms with Gasteiger partial charge in [-0.15, -0.1) is 0 Å². The Bertz CT molecular complexity index is 530. The Labute approximate surface area is 125 Å². The van der Waals surface area contributed by atoms with Gasteiger partial charge in [-0.2, -0.15) is 0 Å². The number of likely N-dealkylation sites (tertiary alicyclic amines) is 1. The first-order chi connectivity index (χ1) is 10.0. The van der Waals surface area contributed by atoms with Crippen molar-refractivity contribution in [3.63, 3.8) is 0 Å². The molecule has 1 aromatic carbocycles. The second-order valence-corrected chi connectivity index (χ2v) is 5.55. The van der Waals surface area contributed by atoms with Gasteiger partial charge in [0.05, 0.1) is 6.42 Å². The van der Waals surface area contributed by atoms with E-state index in [-0.39, 0.29) is 25.0 Å². The van der Waals surface area contributed by atoms with Gasteiger partial charge in [0.25, 0.3) is 0 Å². The molecule has 1 aliphatic rings. The summed E-state index contributed by atoms with van der Waals surface area (Å²) in [5.74, 6) is -0.893. The van der Waals surface area contributed by atoms with Gasteiger partial charge in [-0.1, -0.05) is 18.2 Å². The van der Waals surface area contributed by atoms with Crippen molar-refractivity contribution in [2.24, 2.45) is 0 Å². The number of hydrogen-bond donors (Lipinski definition) is 1. The number of nitrogens with zero attached hydrogens (tertiary/aromatic N) is 2. The minimum Gasteiger partial charge on any atom is -0.481 e. The van der Waals surface area contributed by atoms with E-state index in [4.69, 9.17) is 5.11 Å². The molecule has 5 heteroatoms. The molecular formula is C16H22N2O3. The zero-order valence-electron chi connectivity index (χ0n) is 12.6. The van der Waals surface area contributed by atoms with E-state index in [1.165, 1.54) is 0 Å². The summed E-state index contributed by atoms with van der Waals surface area (Å²) in [6, 6.07) is 7.72. The second kappa shape index (κ2) is 6.61. The van der Waals surface area contributed by atoms with Crippen molar-refractivity contribution in [2.45, 2.75) is 39.2 Å². The number of benzene rings is 1. The van der Waals surface area contributed by atoms with Gasteiger partial charge < -0.3 is 10.0 Å². The number of amides is 2. The van der Waals surface area contributed by atoms with Crippen molar-refractivity contribution < 1.29 is 14.7 Å². The van der Waals surface area contributed by atoms with Crippen LogP contribution in [0, 0.1) is 6.92 Å². The summed E-state index contributed by atoms with van der Waals surface area (Å²) in [4.78, 5) is 27.1. The quantitative estimate of drug-likeness (QED) is 0.927. The van der Waals surface area contributed by atoms with E-state index in [1.54, 1.807) is 4.90 Å². The molecule has 21 heavy (non-hydrogen) atoms. The minimum atomic E-state index is -0.893. The molecule has 0 bridgehead atoms. The number of aryl methyl sites for hydroxylation is 1. The first-order valence-corrected chi connectivity index (χ1v) is 7.36. The van der Waals surface area contributed by atoms with Gasteiger partial charge in [-0.05, 0) is 38.3 Å². The second-order valence-electron chi connectivity index (χ2n) is 5.55. The van der Waals surface area contributed by atoms with Crippen LogP contribution in [-0.2, 0) is 4.79 Å². The highest BCUT2D eigenvalue weighted by Crippen LogP contribution is 2.25. The number of aliphatic carboxylic acids is 1. The Morgan fingerprint density at radius 1 is 1.38 bits per heavy atom. The van der Waals surface area contributed by atoms with Gasteiger partial charge in [-0.25, -0.2) is 4.79 Å². The molecule has 1 aromatic rings. The maximum atomic E-state index is 12.8. The van der Waals surface area contributed by atoms with E-state index in [9.17, 15) is 9.59 Å². The summed E-state index contributed by atoms with van der Waals surface area (Å²) in [5, 5.41) is 8.93. The minimum absolute atomic E-state index is 0.0533. The van der Waals surface area contributed by atoms with Gasteiger partial charge in [-0.3, -0.25) is 9.69 Å². The average molecular weight is 290 g/mol. The first kappa shape index (κ1) is 15.4. The Hall–Kier alpha value is -2.04. The van der Waals surface area contributed by atoms with Crippen LogP contribution in [-0.4, -0.2) is 41.1 Å². The van der Waals surface area contributed by atoms with Gasteiger partial charge in [0.1, 0.15) is 0 Å². The van der Waals surface area contributed by atoms with Crippen LogP contribution in [0.3, 0.4) is 0 Å². The molecule has 0 radical (unpaired) electrons. The lowest BCUT2D eigenvalue weighted by Crippen LogP contribution is -2.45. The normalized spacial score (nSPS) is 17.8. The third-order valence-corrected chi connectivity index (χ3v) is 3.99. The van der Waals surface area contributed by atoms with Crippen molar-refractivity contribution in [3.05, 3.63) is 29.8 Å². The van der Waals surface area contributed by atoms with E-state index in [0.29, 0.717) is 0 Å². The SMILES string of the molecule is Cc1ccccc1N(CCC(=O)O)C(=O)N1CCCC1C. The number of hydrogen-bond acceptors (Lipinski definition) is 2. The summed E-state index contributed by atoms with van der Waals surface area (Å²) in [7, 11) is 0. The molecule has 114 valence electrons. The molecule has 1 fully saturated rings. The smallest absolute Gasteiger partial charge is 0.324 e. The van der Waals surface area contributed by atoms with Crippen LogP contribution < -0.4 is 4.90 Å². The lowest BCUT2D eigenvalue weighted by molar-refractivity contribution is -0.136. The molecule has 1 N–H and O–H groups in total. The van der Waals surface area contributed by atoms with E-state index >= 15 is 0 Å². The summed E-state index contributed by atoms with van der Waals surface area (Å²) in [6.07, 6.45) is 1.96. The lowest BCUT2D eigenvalue weighted by atomic mass is 10.1. The maximum Gasteiger partial charge on any atom is 0.324 e. The predicted octanol–water partition coefficient (Wildman–Crippen LogP) is 2.88. The van der Waals surface area contributed by atoms with Crippen molar-refractivity contribution in [3.8, 4) is 0 Å². The average Bonchev–Trinajstić information content (AvgIpc) is 2.86. The standard InChI is InChI=1S/C16H22N2O3/c1-12-6-3-4-8-14(12)18(11-9-15(19)20)16(21)17-10-5-7-13(17)2/h3-4,6,8,13H,5,7,9-11H2,1-2H3,(H,19,20). The van der Waals surface area contributed by atoms with Crippen LogP contribution in [0.1, 0.15) is 31.7 Å². The number of carbonyl (C=O) groups is 2. The Morgan fingerprint density at radius 2 is 2.10 bits per heavy atom. The third-order valence-electron chi connectivity index (χ3n) is 3.99. The summed E-state index contributed by atoms with van der Waals surface area (Å²) in [6.45, 7) is 4.92. The molecule has 5 nitrogen and oxygen atoms in total. The highest BCUT2D eigenvalue weighted by Gasteiger charge is 2.30. The fourth-order valence-corrected chi connectivity index (χ4v) is 2.77. The highest BCUT2D eigenvalue weighted by atomic mass is 16.4. The molecular weight excluding hydrogens is 268 g/mol. The molecule has 0 aliphatic carbocycles. The molecule has 0 spiro atoms.